The Morgan fingerprint density at radius 2 is 1.59 bits per heavy atom. The number of carboxylic acid groups (broad SMARTS) is 1. The highest BCUT2D eigenvalue weighted by molar-refractivity contribution is 5.92. The number of aromatic nitrogens is 4. The van der Waals surface area contributed by atoms with Crippen molar-refractivity contribution in [3.63, 3.8) is 0 Å². The summed E-state index contributed by atoms with van der Waals surface area (Å²) in [4.78, 5) is 20.7. The van der Waals surface area contributed by atoms with Crippen molar-refractivity contribution in [3.05, 3.63) is 137 Å². The number of benzene rings is 4. The van der Waals surface area contributed by atoms with E-state index in [9.17, 15) is 14.3 Å². The summed E-state index contributed by atoms with van der Waals surface area (Å²) in [5.74, 6) is -0.577. The Balaban J connectivity index is 0.00000125. The maximum atomic E-state index is 15.6. The average Bonchev–Trinajstić information content (AvgIpc) is 3.70. The predicted octanol–water partition coefficient (Wildman–Crippen LogP) is 9.64. The van der Waals surface area contributed by atoms with Gasteiger partial charge in [-0.15, -0.1) is 0 Å². The number of aromatic carboxylic acids is 1. The van der Waals surface area contributed by atoms with Crippen molar-refractivity contribution in [1.29, 1.82) is 0 Å². The molecule has 0 atom stereocenters. The highest BCUT2D eigenvalue weighted by atomic mass is 19.1. The average molecular weight is 670 g/mol. The molecule has 0 aliphatic heterocycles. The first-order valence-corrected chi connectivity index (χ1v) is 16.3. The van der Waals surface area contributed by atoms with Gasteiger partial charge in [-0.3, -0.25) is 0 Å². The van der Waals surface area contributed by atoms with E-state index in [4.69, 9.17) is 9.72 Å². The number of imidazole rings is 2. The zero-order valence-corrected chi connectivity index (χ0v) is 29.0. The quantitative estimate of drug-likeness (QED) is 0.150. The third-order valence-electron chi connectivity index (χ3n) is 7.71. The number of hydrogen-bond donors (Lipinski definition) is 2. The summed E-state index contributed by atoms with van der Waals surface area (Å²) in [6.45, 7) is 13.1. The number of halogens is 2. The van der Waals surface area contributed by atoms with E-state index < -0.39 is 5.97 Å². The summed E-state index contributed by atoms with van der Waals surface area (Å²) in [5.41, 5.74) is 5.55. The molecule has 0 amide bonds. The number of nitrogens with zero attached hydrogens (tertiary/aromatic N) is 4. The van der Waals surface area contributed by atoms with Crippen molar-refractivity contribution in [2.45, 2.75) is 67.7 Å². The SMILES string of the molecule is CC.CC.CCn1cncc1Cn1c(Cc2ccc(-c3cccc(OCc4ccc(C)cc4F)c3)cc2F)nc2ccc(C(=O)O)cc21.N. The van der Waals surface area contributed by atoms with E-state index in [0.29, 0.717) is 45.8 Å². The molecule has 6 rings (SSSR count). The normalized spacial score (nSPS) is 10.4. The van der Waals surface area contributed by atoms with Crippen LogP contribution < -0.4 is 10.9 Å². The molecule has 258 valence electrons. The van der Waals surface area contributed by atoms with Crippen molar-refractivity contribution in [2.75, 3.05) is 0 Å². The van der Waals surface area contributed by atoms with Gasteiger partial charge in [0.15, 0.2) is 0 Å². The van der Waals surface area contributed by atoms with Gasteiger partial charge in [0.1, 0.15) is 29.8 Å². The summed E-state index contributed by atoms with van der Waals surface area (Å²) >= 11 is 0. The molecule has 2 aromatic heterocycles. The van der Waals surface area contributed by atoms with Gasteiger partial charge in [0.05, 0.1) is 35.2 Å². The number of ether oxygens (including phenoxy) is 1. The lowest BCUT2D eigenvalue weighted by Crippen LogP contribution is -2.10. The second-order valence-electron chi connectivity index (χ2n) is 10.7. The van der Waals surface area contributed by atoms with Crippen molar-refractivity contribution in [2.24, 2.45) is 0 Å². The number of hydrogen-bond acceptors (Lipinski definition) is 5. The van der Waals surface area contributed by atoms with Gasteiger partial charge in [-0.05, 0) is 78.6 Å². The molecule has 0 saturated carbocycles. The summed E-state index contributed by atoms with van der Waals surface area (Å²) in [6.07, 6.45) is 3.72. The summed E-state index contributed by atoms with van der Waals surface area (Å²) < 4.78 is 39.6. The number of carbonyl (C=O) groups is 1. The van der Waals surface area contributed by atoms with Gasteiger partial charge in [-0.1, -0.05) is 64.1 Å². The molecule has 4 aromatic carbocycles. The predicted molar refractivity (Wildman–Crippen MR) is 192 cm³/mol. The first-order chi connectivity index (χ1) is 23.3. The second kappa shape index (κ2) is 17.7. The lowest BCUT2D eigenvalue weighted by atomic mass is 10.0. The Morgan fingerprint density at radius 1 is 0.878 bits per heavy atom. The van der Waals surface area contributed by atoms with Gasteiger partial charge in [0, 0.05) is 24.7 Å². The number of carboxylic acids is 1. The Labute approximate surface area is 286 Å². The van der Waals surface area contributed by atoms with Crippen LogP contribution in [0.3, 0.4) is 0 Å². The first kappa shape index (κ1) is 38.1. The van der Waals surface area contributed by atoms with Crippen LogP contribution in [0.15, 0.2) is 91.4 Å². The van der Waals surface area contributed by atoms with Gasteiger partial charge in [-0.25, -0.2) is 23.5 Å². The van der Waals surface area contributed by atoms with Crippen LogP contribution in [0.5, 0.6) is 5.75 Å². The molecule has 0 fully saturated rings. The molecule has 0 radical (unpaired) electrons. The minimum Gasteiger partial charge on any atom is -0.489 e. The van der Waals surface area contributed by atoms with Gasteiger partial charge < -0.3 is 25.1 Å². The van der Waals surface area contributed by atoms with E-state index in [1.165, 1.54) is 18.2 Å². The van der Waals surface area contributed by atoms with Crippen LogP contribution in [0.4, 0.5) is 8.78 Å². The first-order valence-electron chi connectivity index (χ1n) is 16.3. The molecular weight excluding hydrogens is 624 g/mol. The van der Waals surface area contributed by atoms with Crippen molar-refractivity contribution >= 4 is 17.0 Å². The van der Waals surface area contributed by atoms with Crippen LogP contribution >= 0.6 is 0 Å². The second-order valence-corrected chi connectivity index (χ2v) is 10.7. The molecule has 0 spiro atoms. The molecule has 8 nitrogen and oxygen atoms in total. The van der Waals surface area contributed by atoms with Gasteiger partial charge >= 0.3 is 5.97 Å². The highest BCUT2D eigenvalue weighted by Gasteiger charge is 2.17. The van der Waals surface area contributed by atoms with Crippen LogP contribution in [0.25, 0.3) is 22.2 Å². The van der Waals surface area contributed by atoms with Crippen LogP contribution in [0, 0.1) is 18.6 Å². The lowest BCUT2D eigenvalue weighted by Gasteiger charge is -2.13. The Bertz CT molecular complexity index is 2000. The Hall–Kier alpha value is -5.35. The summed E-state index contributed by atoms with van der Waals surface area (Å²) in [7, 11) is 0. The van der Waals surface area contributed by atoms with Gasteiger partial charge in [0.2, 0.25) is 0 Å². The standard InChI is InChI=1S/C35H30F2N4O3.2C2H6.H3N/c1-3-40-21-38-18-28(40)19-41-33-16-26(35(42)43)11-12-32(33)39-34(41)17-25-10-9-24(15-31(25)37)23-5-4-6-29(14-23)44-20-27-8-7-22(2)13-30(27)36;2*1-2;/h4-16,18,21H,3,17,19-20H2,1-2H3,(H,42,43);2*1-2H3;1H3. The fourth-order valence-electron chi connectivity index (χ4n) is 5.28. The molecule has 0 aliphatic carbocycles. The maximum Gasteiger partial charge on any atom is 0.335 e. The topological polar surface area (TPSA) is 117 Å². The van der Waals surface area contributed by atoms with Crippen LogP contribution in [-0.2, 0) is 26.1 Å². The van der Waals surface area contributed by atoms with Gasteiger partial charge in [-0.2, -0.15) is 0 Å². The van der Waals surface area contributed by atoms with Crippen LogP contribution in [0.1, 0.15) is 73.2 Å². The van der Waals surface area contributed by atoms with E-state index in [-0.39, 0.29) is 36.4 Å². The molecule has 0 unspecified atom stereocenters. The molecule has 49 heavy (non-hydrogen) atoms. The lowest BCUT2D eigenvalue weighted by molar-refractivity contribution is 0.0697. The molecule has 0 saturated heterocycles. The summed E-state index contributed by atoms with van der Waals surface area (Å²) in [6, 6.07) is 22.2. The maximum absolute atomic E-state index is 15.6. The van der Waals surface area contributed by atoms with E-state index in [1.807, 2.05) is 74.9 Å². The van der Waals surface area contributed by atoms with E-state index in [1.54, 1.807) is 48.9 Å². The molecule has 6 aromatic rings. The zero-order valence-electron chi connectivity index (χ0n) is 29.0. The minimum absolute atomic E-state index is 0. The molecular formula is C39H45F2N5O3. The van der Waals surface area contributed by atoms with Crippen LogP contribution in [-0.4, -0.2) is 30.2 Å². The number of rotatable bonds is 10. The smallest absolute Gasteiger partial charge is 0.335 e. The minimum atomic E-state index is -1.03. The fourth-order valence-corrected chi connectivity index (χ4v) is 5.28. The van der Waals surface area contributed by atoms with Crippen LogP contribution in [0.2, 0.25) is 0 Å². The largest absolute Gasteiger partial charge is 0.489 e. The number of aryl methyl sites for hydroxylation is 2. The third kappa shape index (κ3) is 8.97. The molecule has 10 heteroatoms. The van der Waals surface area contributed by atoms with Crippen molar-refractivity contribution in [1.82, 2.24) is 25.3 Å². The van der Waals surface area contributed by atoms with E-state index in [0.717, 1.165) is 23.4 Å². The molecule has 0 aliphatic rings. The monoisotopic (exact) mass is 669 g/mol. The third-order valence-corrected chi connectivity index (χ3v) is 7.71. The highest BCUT2D eigenvalue weighted by Crippen LogP contribution is 2.28. The molecule has 4 N–H and O–H groups in total. The van der Waals surface area contributed by atoms with Gasteiger partial charge in [0.25, 0.3) is 0 Å². The fraction of sp³-hybridized carbons (Fsp3) is 0.256. The van der Waals surface area contributed by atoms with E-state index in [2.05, 4.69) is 4.98 Å². The zero-order chi connectivity index (χ0) is 34.8. The molecule has 0 bridgehead atoms. The molecule has 2 heterocycles. The Kier molecular flexibility index (Phi) is 13.8. The summed E-state index contributed by atoms with van der Waals surface area (Å²) in [5, 5.41) is 9.58. The number of fused-ring (bicyclic) bond motifs is 1. The van der Waals surface area contributed by atoms with E-state index >= 15 is 4.39 Å². The van der Waals surface area contributed by atoms with Crippen molar-refractivity contribution in [3.8, 4) is 16.9 Å². The Morgan fingerprint density at radius 3 is 2.29 bits per heavy atom. The van der Waals surface area contributed by atoms with Crippen molar-refractivity contribution < 1.29 is 23.4 Å².